The topological polar surface area (TPSA) is 103 Å². The highest BCUT2D eigenvalue weighted by molar-refractivity contribution is 7.13. The first kappa shape index (κ1) is 21.5. The van der Waals surface area contributed by atoms with E-state index in [2.05, 4.69) is 31.5 Å². The summed E-state index contributed by atoms with van der Waals surface area (Å²) in [5, 5.41) is 13.8. The van der Waals surface area contributed by atoms with Crippen molar-refractivity contribution in [3.8, 4) is 0 Å². The molecule has 178 valence electrons. The Hall–Kier alpha value is -3.01. The van der Waals surface area contributed by atoms with E-state index in [0.717, 1.165) is 56.0 Å². The molecule has 1 saturated carbocycles. The third kappa shape index (κ3) is 3.93. The molecular weight excluding hydrogens is 448 g/mol. The number of rotatable bonds is 6. The Morgan fingerprint density at radius 3 is 2.88 bits per heavy atom. The van der Waals surface area contributed by atoms with E-state index in [4.69, 9.17) is 9.97 Å². The highest BCUT2D eigenvalue weighted by Gasteiger charge is 2.36. The molecule has 4 heterocycles. The Labute approximate surface area is 203 Å². The quantitative estimate of drug-likeness (QED) is 0.548. The molecule has 1 aliphatic heterocycles. The van der Waals surface area contributed by atoms with Crippen LogP contribution >= 0.6 is 11.3 Å². The summed E-state index contributed by atoms with van der Waals surface area (Å²) in [5.41, 5.74) is 3.47. The number of thiazole rings is 1. The SMILES string of the molecule is CN(C(=O)[C@@H]1CCCN1c1nc2c(c(Nc3cc(C4CCCC4)[nH]n3)n1)CCC2)c1nccs1. The number of hydrogen-bond donors (Lipinski definition) is 2. The van der Waals surface area contributed by atoms with E-state index >= 15 is 0 Å². The second-order valence-electron chi connectivity index (χ2n) is 9.53. The van der Waals surface area contributed by atoms with Crippen LogP contribution in [-0.2, 0) is 17.6 Å². The van der Waals surface area contributed by atoms with Gasteiger partial charge < -0.3 is 10.2 Å². The molecule has 2 fully saturated rings. The van der Waals surface area contributed by atoms with Crippen molar-refractivity contribution < 1.29 is 4.79 Å². The van der Waals surface area contributed by atoms with Crippen LogP contribution < -0.4 is 15.1 Å². The molecule has 3 aromatic rings. The average Bonchev–Trinajstić information content (AvgIpc) is 3.68. The summed E-state index contributed by atoms with van der Waals surface area (Å²) in [7, 11) is 1.80. The summed E-state index contributed by atoms with van der Waals surface area (Å²) < 4.78 is 0. The van der Waals surface area contributed by atoms with Crippen LogP contribution in [0.4, 0.5) is 22.7 Å². The lowest BCUT2D eigenvalue weighted by Crippen LogP contribution is -2.45. The van der Waals surface area contributed by atoms with Crippen molar-refractivity contribution in [1.82, 2.24) is 25.1 Å². The van der Waals surface area contributed by atoms with Gasteiger partial charge in [-0.05, 0) is 44.9 Å². The van der Waals surface area contributed by atoms with Crippen LogP contribution in [0, 0.1) is 0 Å². The third-order valence-corrected chi connectivity index (χ3v) is 8.24. The first-order valence-corrected chi connectivity index (χ1v) is 13.2. The van der Waals surface area contributed by atoms with Crippen molar-refractivity contribution in [2.24, 2.45) is 0 Å². The molecule has 0 unspecified atom stereocenters. The number of hydrogen-bond acceptors (Lipinski definition) is 8. The van der Waals surface area contributed by atoms with E-state index in [-0.39, 0.29) is 11.9 Å². The van der Waals surface area contributed by atoms with Gasteiger partial charge in [0.25, 0.3) is 5.91 Å². The normalized spacial score (nSPS) is 20.1. The number of aryl methyl sites for hydroxylation is 1. The maximum absolute atomic E-state index is 13.3. The second-order valence-corrected chi connectivity index (χ2v) is 10.4. The highest BCUT2D eigenvalue weighted by Crippen LogP contribution is 2.36. The molecule has 2 N–H and O–H groups in total. The Bertz CT molecular complexity index is 1170. The Morgan fingerprint density at radius 2 is 2.06 bits per heavy atom. The Kier molecular flexibility index (Phi) is 5.68. The summed E-state index contributed by atoms with van der Waals surface area (Å²) >= 11 is 1.47. The van der Waals surface area contributed by atoms with Crippen LogP contribution in [-0.4, -0.2) is 50.7 Å². The van der Waals surface area contributed by atoms with Gasteiger partial charge in [0.2, 0.25) is 5.95 Å². The third-order valence-electron chi connectivity index (χ3n) is 7.39. The van der Waals surface area contributed by atoms with Crippen molar-refractivity contribution in [2.45, 2.75) is 69.7 Å². The lowest BCUT2D eigenvalue weighted by Gasteiger charge is -2.27. The van der Waals surface area contributed by atoms with E-state index in [1.165, 1.54) is 48.3 Å². The smallest absolute Gasteiger partial charge is 0.251 e. The predicted octanol–water partition coefficient (Wildman–Crippen LogP) is 4.18. The molecule has 34 heavy (non-hydrogen) atoms. The average molecular weight is 479 g/mol. The number of likely N-dealkylation sites (N-methyl/N-ethyl adjacent to an activating group) is 1. The number of amides is 1. The molecular formula is C24H30N8OS. The largest absolute Gasteiger partial charge is 0.329 e. The minimum Gasteiger partial charge on any atom is -0.329 e. The lowest BCUT2D eigenvalue weighted by atomic mass is 10.0. The van der Waals surface area contributed by atoms with Gasteiger partial charge in [0.15, 0.2) is 10.9 Å². The van der Waals surface area contributed by atoms with Crippen molar-refractivity contribution in [2.75, 3.05) is 28.7 Å². The minimum absolute atomic E-state index is 0.0413. The van der Waals surface area contributed by atoms with Crippen LogP contribution in [0.2, 0.25) is 0 Å². The number of nitrogens with one attached hydrogen (secondary N) is 2. The van der Waals surface area contributed by atoms with E-state index in [0.29, 0.717) is 17.0 Å². The molecule has 9 nitrogen and oxygen atoms in total. The second kappa shape index (κ2) is 8.98. The first-order chi connectivity index (χ1) is 16.7. The Morgan fingerprint density at radius 1 is 1.18 bits per heavy atom. The molecule has 2 aliphatic carbocycles. The fourth-order valence-corrected chi connectivity index (χ4v) is 6.19. The lowest BCUT2D eigenvalue weighted by molar-refractivity contribution is -0.119. The summed E-state index contributed by atoms with van der Waals surface area (Å²) in [6.45, 7) is 0.772. The van der Waals surface area contributed by atoms with Crippen molar-refractivity contribution in [3.05, 3.63) is 34.6 Å². The molecule has 1 atom stereocenters. The maximum atomic E-state index is 13.3. The monoisotopic (exact) mass is 478 g/mol. The van der Waals surface area contributed by atoms with Crippen LogP contribution in [0.3, 0.4) is 0 Å². The van der Waals surface area contributed by atoms with Crippen LogP contribution in [0.25, 0.3) is 0 Å². The highest BCUT2D eigenvalue weighted by atomic mass is 32.1. The van der Waals surface area contributed by atoms with Gasteiger partial charge in [-0.15, -0.1) is 11.3 Å². The van der Waals surface area contributed by atoms with Crippen LogP contribution in [0.5, 0.6) is 0 Å². The molecule has 1 amide bonds. The predicted molar refractivity (Wildman–Crippen MR) is 133 cm³/mol. The molecule has 3 aliphatic rings. The van der Waals surface area contributed by atoms with Crippen LogP contribution in [0.1, 0.15) is 67.8 Å². The van der Waals surface area contributed by atoms with E-state index in [1.54, 1.807) is 18.1 Å². The molecule has 6 rings (SSSR count). The Balaban J connectivity index is 1.27. The van der Waals surface area contributed by atoms with Gasteiger partial charge in [0.05, 0.1) is 5.69 Å². The number of anilines is 4. The number of H-pyrrole nitrogens is 1. The molecule has 0 spiro atoms. The number of fused-ring (bicyclic) bond motifs is 1. The number of carbonyl (C=O) groups excluding carboxylic acids is 1. The number of nitrogens with zero attached hydrogens (tertiary/aromatic N) is 6. The van der Waals surface area contributed by atoms with Crippen molar-refractivity contribution >= 4 is 40.0 Å². The minimum atomic E-state index is -0.277. The van der Waals surface area contributed by atoms with E-state index in [9.17, 15) is 4.79 Å². The van der Waals surface area contributed by atoms with Gasteiger partial charge in [-0.25, -0.2) is 9.97 Å². The van der Waals surface area contributed by atoms with Crippen LogP contribution in [0.15, 0.2) is 17.6 Å². The van der Waals surface area contributed by atoms with Gasteiger partial charge >= 0.3 is 0 Å². The molecule has 10 heteroatoms. The zero-order valence-electron chi connectivity index (χ0n) is 19.5. The fraction of sp³-hybridized carbons (Fsp3) is 0.542. The zero-order valence-corrected chi connectivity index (χ0v) is 20.3. The fourth-order valence-electron chi connectivity index (χ4n) is 5.58. The van der Waals surface area contributed by atoms with Gasteiger partial charge in [-0.3, -0.25) is 14.8 Å². The molecule has 1 saturated heterocycles. The van der Waals surface area contributed by atoms with Gasteiger partial charge in [0, 0.05) is 48.4 Å². The van der Waals surface area contributed by atoms with E-state index < -0.39 is 0 Å². The number of aromatic nitrogens is 5. The van der Waals surface area contributed by atoms with Crippen molar-refractivity contribution in [1.29, 1.82) is 0 Å². The van der Waals surface area contributed by atoms with Crippen molar-refractivity contribution in [3.63, 3.8) is 0 Å². The van der Waals surface area contributed by atoms with Gasteiger partial charge in [-0.2, -0.15) is 10.1 Å². The van der Waals surface area contributed by atoms with E-state index in [1.807, 2.05) is 5.38 Å². The molecule has 0 bridgehead atoms. The molecule has 0 aromatic carbocycles. The standard InChI is InChI=1S/C24H30N8OS/c1-31(24-25-11-13-34-24)22(33)19-10-5-12-32(19)23-26-17-9-4-8-16(17)21(28-23)27-20-14-18(29-30-20)15-6-2-3-7-15/h11,13-15,19H,2-10,12H2,1H3,(H2,26,27,28,29,30)/t19-/m0/s1. The molecule has 3 aromatic heterocycles. The van der Waals surface area contributed by atoms with Gasteiger partial charge in [0.1, 0.15) is 11.9 Å². The number of carbonyl (C=O) groups is 1. The first-order valence-electron chi connectivity index (χ1n) is 12.3. The maximum Gasteiger partial charge on any atom is 0.251 e. The zero-order chi connectivity index (χ0) is 23.1. The summed E-state index contributed by atoms with van der Waals surface area (Å²) in [5.74, 6) is 2.89. The summed E-state index contributed by atoms with van der Waals surface area (Å²) in [6, 6.07) is 1.85. The summed E-state index contributed by atoms with van der Waals surface area (Å²) in [6.07, 6.45) is 11.5. The number of aromatic amines is 1. The molecule has 0 radical (unpaired) electrons. The van der Waals surface area contributed by atoms with Gasteiger partial charge in [-0.1, -0.05) is 12.8 Å². The summed E-state index contributed by atoms with van der Waals surface area (Å²) in [4.78, 5) is 31.2.